The van der Waals surface area contributed by atoms with Crippen molar-refractivity contribution in [2.45, 2.75) is 59.2 Å². The zero-order chi connectivity index (χ0) is 18.0. The van der Waals surface area contributed by atoms with Gasteiger partial charge in [0.05, 0.1) is 4.21 Å². The van der Waals surface area contributed by atoms with E-state index >= 15 is 0 Å². The van der Waals surface area contributed by atoms with E-state index in [2.05, 4.69) is 11.7 Å². The van der Waals surface area contributed by atoms with Crippen LogP contribution in [0.2, 0.25) is 0 Å². The standard InChI is InChI=1S/C11H14N2OS2.3C2H6/c1-3-4-5-10(13-2)16(14)11-7-6-9(8-12)15-11;3*1-2/h3-7H,2,8,12H2,1H3;3*1-2H3/b4-3-,10-5+;;;. The fraction of sp³-hybridized carbons (Fsp3) is 0.471. The Morgan fingerprint density at radius 2 is 1.82 bits per heavy atom. The molecule has 3 nitrogen and oxygen atoms in total. The van der Waals surface area contributed by atoms with Crippen molar-refractivity contribution in [3.8, 4) is 0 Å². The number of thiophene rings is 1. The van der Waals surface area contributed by atoms with E-state index in [0.717, 1.165) is 9.09 Å². The van der Waals surface area contributed by atoms with E-state index in [-0.39, 0.29) is 0 Å². The highest BCUT2D eigenvalue weighted by molar-refractivity contribution is 7.91. The number of aliphatic imine (C=N–C) groups is 1. The summed E-state index contributed by atoms with van der Waals surface area (Å²) in [5, 5.41) is 0.462. The van der Waals surface area contributed by atoms with Gasteiger partial charge in [-0.1, -0.05) is 53.7 Å². The zero-order valence-corrected chi connectivity index (χ0v) is 16.7. The summed E-state index contributed by atoms with van der Waals surface area (Å²) in [6.07, 6.45) is 5.34. The molecule has 0 aliphatic rings. The fourth-order valence-electron chi connectivity index (χ4n) is 1.02. The van der Waals surface area contributed by atoms with E-state index in [1.54, 1.807) is 12.2 Å². The molecule has 1 atom stereocenters. The smallest absolute Gasteiger partial charge is 0.132 e. The summed E-state index contributed by atoms with van der Waals surface area (Å²) in [6, 6.07) is 3.70. The highest BCUT2D eigenvalue weighted by Crippen LogP contribution is 2.24. The third-order valence-electron chi connectivity index (χ3n) is 1.80. The van der Waals surface area contributed by atoms with Crippen LogP contribution in [0.25, 0.3) is 0 Å². The minimum Gasteiger partial charge on any atom is -0.326 e. The van der Waals surface area contributed by atoms with Crippen molar-refractivity contribution < 1.29 is 4.21 Å². The summed E-state index contributed by atoms with van der Waals surface area (Å²) < 4.78 is 12.8. The first-order chi connectivity index (χ1) is 10.7. The molecule has 0 aliphatic heterocycles. The molecule has 0 radical (unpaired) electrons. The fourth-order valence-corrected chi connectivity index (χ4v) is 3.23. The van der Waals surface area contributed by atoms with E-state index in [1.165, 1.54) is 11.3 Å². The van der Waals surface area contributed by atoms with E-state index in [0.29, 0.717) is 11.6 Å². The van der Waals surface area contributed by atoms with Gasteiger partial charge in [-0.05, 0) is 31.9 Å². The minimum absolute atomic E-state index is 0.462. The van der Waals surface area contributed by atoms with Crippen LogP contribution in [0.1, 0.15) is 53.3 Å². The van der Waals surface area contributed by atoms with Gasteiger partial charge in [0.1, 0.15) is 15.8 Å². The van der Waals surface area contributed by atoms with Crippen molar-refractivity contribution in [2.75, 3.05) is 0 Å². The molecule has 2 N–H and O–H groups in total. The Labute approximate surface area is 143 Å². The lowest BCUT2D eigenvalue weighted by Crippen LogP contribution is -1.92. The van der Waals surface area contributed by atoms with Gasteiger partial charge < -0.3 is 5.73 Å². The Balaban J connectivity index is -0.000000535. The second-order valence-corrected chi connectivity index (χ2v) is 5.70. The first-order valence-corrected chi connectivity index (χ1v) is 9.69. The van der Waals surface area contributed by atoms with Crippen LogP contribution in [0.3, 0.4) is 0 Å². The van der Waals surface area contributed by atoms with Crippen LogP contribution in [-0.2, 0) is 17.3 Å². The van der Waals surface area contributed by atoms with Crippen molar-refractivity contribution in [1.29, 1.82) is 0 Å². The van der Waals surface area contributed by atoms with E-state index < -0.39 is 10.8 Å². The van der Waals surface area contributed by atoms with Crippen LogP contribution in [-0.4, -0.2) is 10.9 Å². The molecular weight excluding hydrogens is 312 g/mol. The molecule has 0 amide bonds. The average Bonchev–Trinajstić information content (AvgIpc) is 3.10. The van der Waals surface area contributed by atoms with Gasteiger partial charge in [-0.3, -0.25) is 4.99 Å². The lowest BCUT2D eigenvalue weighted by Gasteiger charge is -1.97. The molecule has 1 aromatic heterocycles. The molecule has 0 saturated carbocycles. The van der Waals surface area contributed by atoms with Gasteiger partial charge in [-0.2, -0.15) is 0 Å². The lowest BCUT2D eigenvalue weighted by molar-refractivity contribution is 0.688. The van der Waals surface area contributed by atoms with Crippen LogP contribution in [0.5, 0.6) is 0 Å². The maximum atomic E-state index is 12.1. The van der Waals surface area contributed by atoms with Crippen LogP contribution in [0.15, 0.2) is 44.6 Å². The first kappa shape index (κ1) is 25.9. The Kier molecular flexibility index (Phi) is 23.5. The molecule has 128 valence electrons. The molecular formula is C17H32N2OS2. The Morgan fingerprint density at radius 3 is 2.18 bits per heavy atom. The Hall–Kier alpha value is -1.04. The molecule has 0 aliphatic carbocycles. The van der Waals surface area contributed by atoms with Crippen molar-refractivity contribution in [3.63, 3.8) is 0 Å². The van der Waals surface area contributed by atoms with Gasteiger partial charge >= 0.3 is 0 Å². The average molecular weight is 345 g/mol. The van der Waals surface area contributed by atoms with Crippen LogP contribution >= 0.6 is 11.3 Å². The molecule has 0 bridgehead atoms. The predicted octanol–water partition coefficient (Wildman–Crippen LogP) is 5.51. The Morgan fingerprint density at radius 1 is 1.27 bits per heavy atom. The van der Waals surface area contributed by atoms with Gasteiger partial charge in [-0.15, -0.1) is 11.3 Å². The monoisotopic (exact) mass is 344 g/mol. The highest BCUT2D eigenvalue weighted by atomic mass is 32.2. The maximum Gasteiger partial charge on any atom is 0.132 e. The summed E-state index contributed by atoms with van der Waals surface area (Å²) in [5.41, 5.74) is 5.50. The predicted molar refractivity (Wildman–Crippen MR) is 105 cm³/mol. The van der Waals surface area contributed by atoms with E-state index in [9.17, 15) is 4.21 Å². The molecule has 0 aromatic carbocycles. The number of allylic oxidation sites excluding steroid dienone is 3. The van der Waals surface area contributed by atoms with Gasteiger partial charge in [0.25, 0.3) is 0 Å². The normalized spacial score (nSPS) is 11.2. The molecule has 1 aromatic rings. The van der Waals surface area contributed by atoms with Crippen molar-refractivity contribution in [1.82, 2.24) is 0 Å². The van der Waals surface area contributed by atoms with Gasteiger partial charge in [0, 0.05) is 11.4 Å². The van der Waals surface area contributed by atoms with Gasteiger partial charge in [-0.25, -0.2) is 4.21 Å². The van der Waals surface area contributed by atoms with Crippen LogP contribution in [0.4, 0.5) is 0 Å². The molecule has 1 heterocycles. The topological polar surface area (TPSA) is 55.5 Å². The maximum absolute atomic E-state index is 12.1. The lowest BCUT2D eigenvalue weighted by atomic mass is 10.5. The number of hydrogen-bond donors (Lipinski definition) is 1. The van der Waals surface area contributed by atoms with Gasteiger partial charge in [0.15, 0.2) is 0 Å². The number of nitrogens with zero attached hydrogens (tertiary/aromatic N) is 1. The molecule has 0 spiro atoms. The summed E-state index contributed by atoms with van der Waals surface area (Å²) in [4.78, 5) is 4.78. The first-order valence-electron chi connectivity index (χ1n) is 7.73. The summed E-state index contributed by atoms with van der Waals surface area (Å²) in [5.74, 6) is 0. The second kappa shape index (κ2) is 20.0. The van der Waals surface area contributed by atoms with Crippen LogP contribution in [0, 0.1) is 0 Å². The number of rotatable bonds is 5. The number of hydrogen-bond acceptors (Lipinski definition) is 4. The highest BCUT2D eigenvalue weighted by Gasteiger charge is 2.10. The summed E-state index contributed by atoms with van der Waals surface area (Å²) in [6.45, 7) is 17.8. The number of nitrogens with two attached hydrogens (primary N) is 1. The summed E-state index contributed by atoms with van der Waals surface area (Å²) in [7, 11) is -1.26. The molecule has 1 unspecified atom stereocenters. The zero-order valence-electron chi connectivity index (χ0n) is 15.1. The van der Waals surface area contributed by atoms with Crippen molar-refractivity contribution in [3.05, 3.63) is 40.3 Å². The van der Waals surface area contributed by atoms with E-state index in [4.69, 9.17) is 5.73 Å². The second-order valence-electron chi connectivity index (χ2n) is 2.88. The Bertz CT molecular complexity index is 449. The van der Waals surface area contributed by atoms with Crippen molar-refractivity contribution in [2.24, 2.45) is 10.7 Å². The molecule has 0 fully saturated rings. The van der Waals surface area contributed by atoms with E-state index in [1.807, 2.05) is 66.7 Å². The van der Waals surface area contributed by atoms with Crippen molar-refractivity contribution >= 4 is 28.9 Å². The quantitative estimate of drug-likeness (QED) is 0.565. The summed E-state index contributed by atoms with van der Waals surface area (Å²) >= 11 is 1.44. The molecule has 22 heavy (non-hydrogen) atoms. The molecule has 1 rings (SSSR count). The molecule has 0 saturated heterocycles. The third-order valence-corrected chi connectivity index (χ3v) is 4.55. The largest absolute Gasteiger partial charge is 0.326 e. The SMILES string of the molecule is C=N/C(=C\C=C/C)S(=O)c1ccc(CN)s1.CC.CC.CC. The third kappa shape index (κ3) is 10.7. The minimum atomic E-state index is -1.26. The van der Waals surface area contributed by atoms with Crippen LogP contribution < -0.4 is 5.73 Å². The molecule has 5 heteroatoms. The van der Waals surface area contributed by atoms with Gasteiger partial charge in [0.2, 0.25) is 0 Å².